The van der Waals surface area contributed by atoms with Gasteiger partial charge in [0.05, 0.1) is 0 Å². The summed E-state index contributed by atoms with van der Waals surface area (Å²) in [4.78, 5) is 36.8. The molecule has 2 aliphatic rings. The lowest BCUT2D eigenvalue weighted by atomic mass is 10.1. The van der Waals surface area contributed by atoms with E-state index in [0.717, 1.165) is 12.8 Å². The van der Waals surface area contributed by atoms with Crippen LogP contribution in [0.4, 0.5) is 18.0 Å². The second-order valence-electron chi connectivity index (χ2n) is 6.44. The van der Waals surface area contributed by atoms with Gasteiger partial charge in [0.15, 0.2) is 0 Å². The van der Waals surface area contributed by atoms with Crippen LogP contribution in [-0.4, -0.2) is 40.6 Å². The molecule has 1 atom stereocenters. The zero-order chi connectivity index (χ0) is 17.4. The molecule has 1 heterocycles. The summed E-state index contributed by atoms with van der Waals surface area (Å²) in [6.45, 7) is 3.33. The van der Waals surface area contributed by atoms with Gasteiger partial charge in [-0.1, -0.05) is 26.7 Å². The molecule has 0 aromatic rings. The van der Waals surface area contributed by atoms with Crippen LogP contribution in [0.3, 0.4) is 0 Å². The maximum atomic E-state index is 13.5. The number of nitrogens with one attached hydrogen (secondary N) is 2. The second-order valence-corrected chi connectivity index (χ2v) is 6.44. The molecule has 1 aliphatic heterocycles. The van der Waals surface area contributed by atoms with Crippen molar-refractivity contribution in [2.24, 2.45) is 5.92 Å². The molecular weight excluding hydrogens is 315 g/mol. The lowest BCUT2D eigenvalue weighted by Gasteiger charge is -2.30. The number of carbonyl (C=O) groups is 3. The van der Waals surface area contributed by atoms with Gasteiger partial charge in [0, 0.05) is 12.5 Å². The smallest absolute Gasteiger partial charge is 0.318 e. The van der Waals surface area contributed by atoms with Gasteiger partial charge in [-0.05, 0) is 18.8 Å². The predicted molar refractivity (Wildman–Crippen MR) is 74.0 cm³/mol. The molecule has 1 saturated heterocycles. The van der Waals surface area contributed by atoms with E-state index in [1.54, 1.807) is 24.5 Å². The van der Waals surface area contributed by atoms with E-state index >= 15 is 0 Å². The van der Waals surface area contributed by atoms with Crippen LogP contribution in [0.5, 0.6) is 0 Å². The van der Waals surface area contributed by atoms with Crippen LogP contribution in [0.2, 0.25) is 0 Å². The molecular formula is C14H20F3N3O3. The first kappa shape index (κ1) is 17.6. The Labute approximate surface area is 131 Å². The van der Waals surface area contributed by atoms with Gasteiger partial charge >= 0.3 is 12.2 Å². The minimum absolute atomic E-state index is 0.176. The van der Waals surface area contributed by atoms with Crippen LogP contribution in [0.15, 0.2) is 0 Å². The Morgan fingerprint density at radius 1 is 1.35 bits per heavy atom. The molecule has 0 bridgehead atoms. The molecule has 1 saturated carbocycles. The zero-order valence-electron chi connectivity index (χ0n) is 13.0. The summed E-state index contributed by atoms with van der Waals surface area (Å²) in [6, 6.07) is -1.65. The largest absolute Gasteiger partial charge is 0.440 e. The molecule has 6 nitrogen and oxygen atoms in total. The van der Waals surface area contributed by atoms with Crippen LogP contribution in [-0.2, 0) is 9.59 Å². The first-order valence-electron chi connectivity index (χ1n) is 7.62. The Balaban J connectivity index is 2.30. The number of hydrogen-bond donors (Lipinski definition) is 2. The summed E-state index contributed by atoms with van der Waals surface area (Å²) in [5, 5.41) is 3.38. The summed E-state index contributed by atoms with van der Waals surface area (Å²) < 4.78 is 40.6. The van der Waals surface area contributed by atoms with Crippen molar-refractivity contribution in [1.29, 1.82) is 0 Å². The average Bonchev–Trinajstić information content (AvgIpc) is 2.96. The molecule has 0 spiro atoms. The van der Waals surface area contributed by atoms with Crippen molar-refractivity contribution in [1.82, 2.24) is 15.5 Å². The van der Waals surface area contributed by atoms with Crippen molar-refractivity contribution in [3.8, 4) is 0 Å². The highest BCUT2D eigenvalue weighted by Gasteiger charge is 2.69. The Bertz CT molecular complexity index is 515. The van der Waals surface area contributed by atoms with Gasteiger partial charge in [-0.25, -0.2) is 4.79 Å². The van der Waals surface area contributed by atoms with Crippen molar-refractivity contribution in [3.63, 3.8) is 0 Å². The topological polar surface area (TPSA) is 78.5 Å². The van der Waals surface area contributed by atoms with Gasteiger partial charge in [0.25, 0.3) is 11.6 Å². The SMILES string of the molecule is CC(C)CC(=O)N[C@]1(C(F)(F)F)NC(=O)N(C2CCCC2)C1=O. The van der Waals surface area contributed by atoms with Crippen LogP contribution >= 0.6 is 0 Å². The fourth-order valence-corrected chi connectivity index (χ4v) is 3.02. The lowest BCUT2D eigenvalue weighted by Crippen LogP contribution is -2.69. The van der Waals surface area contributed by atoms with E-state index in [1.807, 2.05) is 0 Å². The zero-order valence-corrected chi connectivity index (χ0v) is 13.0. The number of rotatable bonds is 4. The fraction of sp³-hybridized carbons (Fsp3) is 0.786. The molecule has 0 unspecified atom stereocenters. The quantitative estimate of drug-likeness (QED) is 0.770. The monoisotopic (exact) mass is 335 g/mol. The highest BCUT2D eigenvalue weighted by atomic mass is 19.4. The van der Waals surface area contributed by atoms with Crippen molar-refractivity contribution in [3.05, 3.63) is 0 Å². The molecule has 0 aromatic heterocycles. The molecule has 23 heavy (non-hydrogen) atoms. The number of hydrogen-bond acceptors (Lipinski definition) is 3. The highest BCUT2D eigenvalue weighted by molar-refractivity contribution is 6.09. The molecule has 2 fully saturated rings. The first-order chi connectivity index (χ1) is 10.6. The molecule has 0 radical (unpaired) electrons. The highest BCUT2D eigenvalue weighted by Crippen LogP contribution is 2.37. The number of imide groups is 1. The molecule has 9 heteroatoms. The standard InChI is InChI=1S/C14H20F3N3O3/c1-8(2)7-10(21)18-13(14(15,16)17)11(22)20(12(23)19-13)9-5-3-4-6-9/h8-9H,3-7H2,1-2H3,(H,18,21)(H,19,23)/t13-/m0/s1. The van der Waals surface area contributed by atoms with E-state index < -0.39 is 35.7 Å². The number of halogens is 3. The van der Waals surface area contributed by atoms with Gasteiger partial charge in [0.1, 0.15) is 0 Å². The van der Waals surface area contributed by atoms with Crippen molar-refractivity contribution >= 4 is 17.8 Å². The maximum absolute atomic E-state index is 13.5. The molecule has 2 N–H and O–H groups in total. The normalized spacial score (nSPS) is 26.1. The number of carbonyl (C=O) groups excluding carboxylic acids is 3. The summed E-state index contributed by atoms with van der Waals surface area (Å²) >= 11 is 0. The van der Waals surface area contributed by atoms with E-state index in [4.69, 9.17) is 0 Å². The predicted octanol–water partition coefficient (Wildman–Crippen LogP) is 1.90. The van der Waals surface area contributed by atoms with Gasteiger partial charge in [0.2, 0.25) is 5.91 Å². The van der Waals surface area contributed by atoms with Gasteiger partial charge in [-0.2, -0.15) is 13.2 Å². The minimum atomic E-state index is -5.13. The molecule has 4 amide bonds. The summed E-state index contributed by atoms with van der Waals surface area (Å²) in [6.07, 6.45) is -2.84. The maximum Gasteiger partial charge on any atom is 0.440 e. The van der Waals surface area contributed by atoms with Crippen molar-refractivity contribution in [2.75, 3.05) is 0 Å². The van der Waals surface area contributed by atoms with Crippen molar-refractivity contribution < 1.29 is 27.6 Å². The Morgan fingerprint density at radius 2 is 1.91 bits per heavy atom. The van der Waals surface area contributed by atoms with Crippen LogP contribution in [0.25, 0.3) is 0 Å². The van der Waals surface area contributed by atoms with Crippen LogP contribution in [0.1, 0.15) is 46.0 Å². The Hall–Kier alpha value is -1.80. The second kappa shape index (κ2) is 6.01. The van der Waals surface area contributed by atoms with E-state index in [2.05, 4.69) is 0 Å². The molecule has 130 valence electrons. The molecule has 0 aromatic carbocycles. The number of amides is 4. The van der Waals surface area contributed by atoms with Gasteiger partial charge < -0.3 is 5.32 Å². The van der Waals surface area contributed by atoms with E-state index in [9.17, 15) is 27.6 Å². The Kier molecular flexibility index (Phi) is 4.59. The summed E-state index contributed by atoms with van der Waals surface area (Å²) in [5.41, 5.74) is -3.36. The van der Waals surface area contributed by atoms with Gasteiger partial charge in [-0.3, -0.25) is 19.8 Å². The van der Waals surface area contributed by atoms with Crippen LogP contribution < -0.4 is 10.6 Å². The minimum Gasteiger partial charge on any atom is -0.318 e. The Morgan fingerprint density at radius 3 is 2.39 bits per heavy atom. The van der Waals surface area contributed by atoms with E-state index in [0.29, 0.717) is 17.7 Å². The van der Waals surface area contributed by atoms with E-state index in [1.165, 1.54) is 0 Å². The molecule has 1 aliphatic carbocycles. The third-order valence-corrected chi connectivity index (χ3v) is 4.09. The van der Waals surface area contributed by atoms with E-state index in [-0.39, 0.29) is 12.3 Å². The molecule has 2 rings (SSSR count). The lowest BCUT2D eigenvalue weighted by molar-refractivity contribution is -0.204. The third kappa shape index (κ3) is 3.13. The average molecular weight is 335 g/mol. The number of urea groups is 1. The van der Waals surface area contributed by atoms with Gasteiger partial charge in [-0.15, -0.1) is 0 Å². The summed E-state index contributed by atoms with van der Waals surface area (Å²) in [7, 11) is 0. The number of nitrogens with zero attached hydrogens (tertiary/aromatic N) is 1. The van der Waals surface area contributed by atoms with Crippen molar-refractivity contribution in [2.45, 2.75) is 63.8 Å². The first-order valence-corrected chi connectivity index (χ1v) is 7.62. The van der Waals surface area contributed by atoms with Crippen LogP contribution in [0, 0.1) is 5.92 Å². The summed E-state index contributed by atoms with van der Waals surface area (Å²) in [5.74, 6) is -2.56. The third-order valence-electron chi connectivity index (χ3n) is 4.09. The fourth-order valence-electron chi connectivity index (χ4n) is 3.02. The number of alkyl halides is 3.